The van der Waals surface area contributed by atoms with E-state index < -0.39 is 0 Å². The van der Waals surface area contributed by atoms with E-state index in [0.717, 1.165) is 64.4 Å². The fourth-order valence-electron chi connectivity index (χ4n) is 4.36. The molecule has 174 valence electrons. The molecule has 4 rings (SSSR count). The predicted molar refractivity (Wildman–Crippen MR) is 132 cm³/mol. The molecular formula is C26H32N4O3. The van der Waals surface area contributed by atoms with E-state index in [1.165, 1.54) is 0 Å². The first-order chi connectivity index (χ1) is 16.0. The van der Waals surface area contributed by atoms with Crippen molar-refractivity contribution in [2.45, 2.75) is 13.3 Å². The van der Waals surface area contributed by atoms with Crippen LogP contribution in [0.25, 0.3) is 22.2 Å². The van der Waals surface area contributed by atoms with Crippen molar-refractivity contribution in [1.82, 2.24) is 15.6 Å². The number of amides is 1. The predicted octanol–water partition coefficient (Wildman–Crippen LogP) is 3.39. The van der Waals surface area contributed by atoms with Crippen LogP contribution in [0.15, 0.2) is 42.5 Å². The molecule has 33 heavy (non-hydrogen) atoms. The van der Waals surface area contributed by atoms with E-state index >= 15 is 0 Å². The van der Waals surface area contributed by atoms with Gasteiger partial charge in [-0.2, -0.15) is 0 Å². The van der Waals surface area contributed by atoms with Crippen LogP contribution in [-0.4, -0.2) is 58.3 Å². The molecule has 0 radical (unpaired) electrons. The number of fused-ring (bicyclic) bond motifs is 1. The minimum Gasteiger partial charge on any atom is -0.496 e. The average Bonchev–Trinajstić information content (AvgIpc) is 3.33. The molecule has 2 heterocycles. The first-order valence-corrected chi connectivity index (χ1v) is 11.4. The maximum atomic E-state index is 12.2. The van der Waals surface area contributed by atoms with E-state index in [9.17, 15) is 4.79 Å². The zero-order valence-corrected chi connectivity index (χ0v) is 19.8. The number of carbonyl (C=O) groups is 1. The highest BCUT2D eigenvalue weighted by molar-refractivity contribution is 5.96. The summed E-state index contributed by atoms with van der Waals surface area (Å²) in [4.78, 5) is 19.5. The Kier molecular flexibility index (Phi) is 6.99. The summed E-state index contributed by atoms with van der Waals surface area (Å²) in [7, 11) is 5.29. The summed E-state index contributed by atoms with van der Waals surface area (Å²) in [6, 6.07) is 14.3. The number of hydrogen-bond donors (Lipinski definition) is 2. The van der Waals surface area contributed by atoms with Gasteiger partial charge in [-0.3, -0.25) is 4.79 Å². The number of anilines is 1. The first-order valence-electron chi connectivity index (χ1n) is 11.4. The van der Waals surface area contributed by atoms with Crippen molar-refractivity contribution in [2.75, 3.05) is 52.3 Å². The summed E-state index contributed by atoms with van der Waals surface area (Å²) in [5, 5.41) is 6.94. The number of hydrogen-bond acceptors (Lipinski definition) is 6. The molecule has 1 atom stereocenters. The van der Waals surface area contributed by atoms with Crippen molar-refractivity contribution >= 4 is 22.5 Å². The number of carbonyl (C=O) groups excluding carboxylic acids is 1. The third-order valence-electron chi connectivity index (χ3n) is 6.22. The number of aromatic nitrogens is 1. The Bertz CT molecular complexity index is 1130. The number of pyridine rings is 1. The summed E-state index contributed by atoms with van der Waals surface area (Å²) < 4.78 is 11.3. The molecule has 1 amide bonds. The molecule has 2 aromatic carbocycles. The second-order valence-electron chi connectivity index (χ2n) is 8.39. The van der Waals surface area contributed by atoms with E-state index in [-0.39, 0.29) is 11.8 Å². The topological polar surface area (TPSA) is 75.7 Å². The summed E-state index contributed by atoms with van der Waals surface area (Å²) in [6.45, 7) is 4.99. The van der Waals surface area contributed by atoms with E-state index in [1.807, 2.05) is 44.3 Å². The normalized spacial score (nSPS) is 15.6. The number of nitrogens with one attached hydrogen (secondary N) is 2. The van der Waals surface area contributed by atoms with Gasteiger partial charge in [-0.25, -0.2) is 4.98 Å². The zero-order valence-electron chi connectivity index (χ0n) is 19.8. The Balaban J connectivity index is 1.73. The van der Waals surface area contributed by atoms with Crippen molar-refractivity contribution in [2.24, 2.45) is 5.92 Å². The highest BCUT2D eigenvalue weighted by atomic mass is 16.5. The van der Waals surface area contributed by atoms with Crippen molar-refractivity contribution < 1.29 is 14.3 Å². The first kappa shape index (κ1) is 22.9. The van der Waals surface area contributed by atoms with Gasteiger partial charge in [0.2, 0.25) is 5.91 Å². The Morgan fingerprint density at radius 2 is 1.97 bits per heavy atom. The van der Waals surface area contributed by atoms with Gasteiger partial charge < -0.3 is 25.0 Å². The van der Waals surface area contributed by atoms with E-state index in [4.69, 9.17) is 14.5 Å². The van der Waals surface area contributed by atoms with Crippen LogP contribution in [0.1, 0.15) is 12.0 Å². The number of nitrogens with zero attached hydrogens (tertiary/aromatic N) is 2. The third kappa shape index (κ3) is 4.88. The largest absolute Gasteiger partial charge is 0.496 e. The van der Waals surface area contributed by atoms with Gasteiger partial charge in [0.25, 0.3) is 0 Å². The SMILES string of the molecule is CNCCOc1ccc(-c2cc(N3CCC(C(=O)NC)C3)c3cc(C)c(OC)cc3n2)cc1. The Morgan fingerprint density at radius 3 is 2.67 bits per heavy atom. The zero-order chi connectivity index (χ0) is 23.4. The van der Waals surface area contributed by atoms with Crippen LogP contribution in [0.4, 0.5) is 5.69 Å². The third-order valence-corrected chi connectivity index (χ3v) is 6.22. The molecule has 0 aliphatic carbocycles. The molecule has 0 bridgehead atoms. The fraction of sp³-hybridized carbons (Fsp3) is 0.385. The smallest absolute Gasteiger partial charge is 0.224 e. The van der Waals surface area contributed by atoms with Crippen molar-refractivity contribution in [3.8, 4) is 22.8 Å². The molecule has 1 unspecified atom stereocenters. The van der Waals surface area contributed by atoms with Gasteiger partial charge in [0.1, 0.15) is 18.1 Å². The number of ether oxygens (including phenoxy) is 2. The molecule has 1 aromatic heterocycles. The summed E-state index contributed by atoms with van der Waals surface area (Å²) in [6.07, 6.45) is 0.840. The highest BCUT2D eigenvalue weighted by Gasteiger charge is 2.29. The van der Waals surface area contributed by atoms with Crippen LogP contribution in [0.3, 0.4) is 0 Å². The Hall–Kier alpha value is -3.32. The van der Waals surface area contributed by atoms with Crippen LogP contribution in [-0.2, 0) is 4.79 Å². The molecular weight excluding hydrogens is 416 g/mol. The lowest BCUT2D eigenvalue weighted by Gasteiger charge is -2.22. The number of aryl methyl sites for hydroxylation is 1. The molecule has 1 aliphatic rings. The quantitative estimate of drug-likeness (QED) is 0.515. The van der Waals surface area contributed by atoms with Gasteiger partial charge in [-0.15, -0.1) is 0 Å². The van der Waals surface area contributed by atoms with Crippen LogP contribution < -0.4 is 25.0 Å². The number of likely N-dealkylation sites (N-methyl/N-ethyl adjacent to an activating group) is 1. The standard InChI is InChI=1S/C26H32N4O3/c1-17-13-21-23(15-25(17)32-4)29-22(18-5-7-20(8-6-18)33-12-10-27-2)14-24(21)30-11-9-19(16-30)26(31)28-3/h5-8,13-15,19,27H,9-12,16H2,1-4H3,(H,28,31). The van der Waals surface area contributed by atoms with Gasteiger partial charge in [-0.1, -0.05) is 0 Å². The van der Waals surface area contributed by atoms with Gasteiger partial charge in [-0.05, 0) is 62.4 Å². The van der Waals surface area contributed by atoms with Gasteiger partial charge in [0.05, 0.1) is 24.2 Å². The maximum Gasteiger partial charge on any atom is 0.224 e. The molecule has 1 saturated heterocycles. The van der Waals surface area contributed by atoms with Gasteiger partial charge in [0, 0.05) is 49.4 Å². The van der Waals surface area contributed by atoms with E-state index in [0.29, 0.717) is 13.2 Å². The van der Waals surface area contributed by atoms with Gasteiger partial charge >= 0.3 is 0 Å². The Labute approximate surface area is 195 Å². The lowest BCUT2D eigenvalue weighted by Crippen LogP contribution is -2.30. The van der Waals surface area contributed by atoms with Crippen LogP contribution in [0, 0.1) is 12.8 Å². The van der Waals surface area contributed by atoms with Crippen molar-refractivity contribution in [1.29, 1.82) is 0 Å². The second kappa shape index (κ2) is 10.1. The number of rotatable bonds is 8. The van der Waals surface area contributed by atoms with Crippen LogP contribution in [0.2, 0.25) is 0 Å². The second-order valence-corrected chi connectivity index (χ2v) is 8.39. The molecule has 2 N–H and O–H groups in total. The van der Waals surface area contributed by atoms with Crippen LogP contribution in [0.5, 0.6) is 11.5 Å². The minimum absolute atomic E-state index is 0.00458. The maximum absolute atomic E-state index is 12.2. The lowest BCUT2D eigenvalue weighted by atomic mass is 10.0. The fourth-order valence-corrected chi connectivity index (χ4v) is 4.36. The minimum atomic E-state index is -0.00458. The highest BCUT2D eigenvalue weighted by Crippen LogP contribution is 2.37. The van der Waals surface area contributed by atoms with Crippen LogP contribution >= 0.6 is 0 Å². The molecule has 1 fully saturated rings. The Morgan fingerprint density at radius 1 is 1.18 bits per heavy atom. The molecule has 0 spiro atoms. The monoisotopic (exact) mass is 448 g/mol. The van der Waals surface area contributed by atoms with Crippen molar-refractivity contribution in [3.05, 3.63) is 48.0 Å². The molecule has 3 aromatic rings. The summed E-state index contributed by atoms with van der Waals surface area (Å²) in [5.74, 6) is 1.74. The van der Waals surface area contributed by atoms with E-state index in [1.54, 1.807) is 14.2 Å². The number of benzene rings is 2. The lowest BCUT2D eigenvalue weighted by molar-refractivity contribution is -0.123. The molecule has 7 heteroatoms. The molecule has 7 nitrogen and oxygen atoms in total. The average molecular weight is 449 g/mol. The van der Waals surface area contributed by atoms with Crippen molar-refractivity contribution in [3.63, 3.8) is 0 Å². The van der Waals surface area contributed by atoms with Gasteiger partial charge in [0.15, 0.2) is 0 Å². The molecule has 1 aliphatic heterocycles. The summed E-state index contributed by atoms with van der Waals surface area (Å²) in [5.41, 5.74) is 4.93. The summed E-state index contributed by atoms with van der Waals surface area (Å²) >= 11 is 0. The van der Waals surface area contributed by atoms with E-state index in [2.05, 4.69) is 27.7 Å². The number of methoxy groups -OCH3 is 1. The molecule has 0 saturated carbocycles.